The van der Waals surface area contributed by atoms with E-state index in [1.165, 1.54) is 0 Å². The second-order valence-electron chi connectivity index (χ2n) is 7.38. The molecule has 146 valence electrons. The molecule has 0 fully saturated rings. The van der Waals surface area contributed by atoms with Gasteiger partial charge in [-0.15, -0.1) is 0 Å². The van der Waals surface area contributed by atoms with Crippen LogP contribution in [0.2, 0.25) is 0 Å². The predicted molar refractivity (Wildman–Crippen MR) is 107 cm³/mol. The van der Waals surface area contributed by atoms with E-state index in [2.05, 4.69) is 23.4 Å². The van der Waals surface area contributed by atoms with Crippen LogP contribution in [0.3, 0.4) is 0 Å². The number of para-hydroxylation sites is 1. The first-order valence-electron chi connectivity index (χ1n) is 8.99. The normalized spacial score (nSPS) is 13.5. The van der Waals surface area contributed by atoms with Crippen molar-refractivity contribution in [2.45, 2.75) is 40.3 Å². The monoisotopic (exact) mass is 389 g/mol. The summed E-state index contributed by atoms with van der Waals surface area (Å²) in [5, 5.41) is 0.972. The van der Waals surface area contributed by atoms with E-state index >= 15 is 0 Å². The fourth-order valence-electron chi connectivity index (χ4n) is 3.25. The van der Waals surface area contributed by atoms with Gasteiger partial charge in [-0.25, -0.2) is 9.97 Å². The lowest BCUT2D eigenvalue weighted by molar-refractivity contribution is 0.123. The second-order valence-corrected chi connectivity index (χ2v) is 8.40. The van der Waals surface area contributed by atoms with E-state index in [1.807, 2.05) is 31.2 Å². The predicted octanol–water partition coefficient (Wildman–Crippen LogP) is 3.00. The second kappa shape index (κ2) is 7.92. The van der Waals surface area contributed by atoms with Gasteiger partial charge in [0.05, 0.1) is 11.0 Å². The Bertz CT molecular complexity index is 984. The minimum absolute atomic E-state index is 0.130. The van der Waals surface area contributed by atoms with Crippen LogP contribution in [0, 0.1) is 5.41 Å². The summed E-state index contributed by atoms with van der Waals surface area (Å²) in [5.74, 6) is 1.29. The highest BCUT2D eigenvalue weighted by atomic mass is 32.2. The Morgan fingerprint density at radius 1 is 1.30 bits per heavy atom. The van der Waals surface area contributed by atoms with Gasteiger partial charge in [0, 0.05) is 24.3 Å². The van der Waals surface area contributed by atoms with Crippen molar-refractivity contribution in [3.8, 4) is 0 Å². The molecule has 0 amide bonds. The van der Waals surface area contributed by atoms with Gasteiger partial charge in [0.15, 0.2) is 5.82 Å². The molecule has 0 saturated heterocycles. The number of fused-ring (bicyclic) bond motifs is 3. The minimum atomic E-state index is -2.05. The summed E-state index contributed by atoms with van der Waals surface area (Å²) >= 11 is -2.05. The highest BCUT2D eigenvalue weighted by Crippen LogP contribution is 2.32. The number of nitrogen functional groups attached to an aromatic ring is 1. The van der Waals surface area contributed by atoms with Crippen molar-refractivity contribution in [3.05, 3.63) is 30.1 Å². The van der Waals surface area contributed by atoms with E-state index < -0.39 is 11.1 Å². The third kappa shape index (κ3) is 4.28. The van der Waals surface area contributed by atoms with Crippen LogP contribution in [0.15, 0.2) is 24.3 Å². The summed E-state index contributed by atoms with van der Waals surface area (Å²) in [6.45, 7) is 7.60. The third-order valence-corrected chi connectivity index (χ3v) is 5.19. The molecule has 1 atom stereocenters. The molecule has 1 unspecified atom stereocenters. The Labute approximate surface area is 161 Å². The van der Waals surface area contributed by atoms with Gasteiger partial charge in [0.1, 0.15) is 17.9 Å². The number of benzene rings is 1. The number of nitrogens with zero attached hydrogens (tertiary/aromatic N) is 3. The molecule has 0 aliphatic rings. The number of hydrogen-bond acceptors (Lipinski definition) is 6. The summed E-state index contributed by atoms with van der Waals surface area (Å²) in [5.41, 5.74) is 8.33. The smallest absolute Gasteiger partial charge is 0.152 e. The molecule has 2 heterocycles. The number of nitrogens with two attached hydrogens (primary N) is 1. The highest BCUT2D eigenvalue weighted by molar-refractivity contribution is 7.79. The van der Waals surface area contributed by atoms with Gasteiger partial charge in [-0.1, -0.05) is 43.1 Å². The number of aromatic nitrogens is 3. The number of ether oxygens (including phenoxy) is 1. The number of anilines is 1. The number of hydrogen-bond donors (Lipinski definition) is 1. The first-order chi connectivity index (χ1) is 12.8. The molecule has 7 nitrogen and oxygen atoms in total. The van der Waals surface area contributed by atoms with Gasteiger partial charge in [-0.05, 0) is 24.8 Å². The third-order valence-electron chi connectivity index (χ3n) is 4.66. The summed E-state index contributed by atoms with van der Waals surface area (Å²) in [7, 11) is 0. The zero-order valence-corrected chi connectivity index (χ0v) is 16.7. The molecule has 3 rings (SSSR count). The van der Waals surface area contributed by atoms with Crippen LogP contribution in [-0.2, 0) is 29.0 Å². The van der Waals surface area contributed by atoms with Crippen LogP contribution in [0.1, 0.15) is 33.0 Å². The molecule has 0 aliphatic carbocycles. The average molecular weight is 390 g/mol. The van der Waals surface area contributed by atoms with Crippen LogP contribution in [0.4, 0.5) is 5.82 Å². The Kier molecular flexibility index (Phi) is 5.78. The standard InChI is InChI=1S/C19H26N4O3S/c1-4-26-11-15-22-16-17(13-7-5-6-8-14(13)21-18(16)20)23(15)12-19(2,3)9-10-27(24)25/h5-8H,4,9-12H2,1-3H3,(H2,20,21)(H,24,25)/p-1. The van der Waals surface area contributed by atoms with Crippen molar-refractivity contribution in [1.82, 2.24) is 14.5 Å². The highest BCUT2D eigenvalue weighted by Gasteiger charge is 2.24. The van der Waals surface area contributed by atoms with Crippen LogP contribution in [0.25, 0.3) is 21.9 Å². The maximum absolute atomic E-state index is 11.0. The maximum Gasteiger partial charge on any atom is 0.152 e. The van der Waals surface area contributed by atoms with Crippen LogP contribution in [0.5, 0.6) is 0 Å². The molecule has 8 heteroatoms. The molecule has 2 N–H and O–H groups in total. The van der Waals surface area contributed by atoms with Gasteiger partial charge in [-0.2, -0.15) is 0 Å². The van der Waals surface area contributed by atoms with Crippen molar-refractivity contribution in [2.75, 3.05) is 18.1 Å². The lowest BCUT2D eigenvalue weighted by Gasteiger charge is -2.27. The molecule has 27 heavy (non-hydrogen) atoms. The fraction of sp³-hybridized carbons (Fsp3) is 0.474. The molecule has 0 radical (unpaired) electrons. The number of rotatable bonds is 8. The van der Waals surface area contributed by atoms with Crippen molar-refractivity contribution >= 4 is 38.8 Å². The topological polar surface area (TPSA) is 106 Å². The minimum Gasteiger partial charge on any atom is -0.772 e. The average Bonchev–Trinajstić information content (AvgIpc) is 2.97. The van der Waals surface area contributed by atoms with Crippen LogP contribution in [-0.4, -0.2) is 35.7 Å². The van der Waals surface area contributed by atoms with Gasteiger partial charge in [0.25, 0.3) is 0 Å². The summed E-state index contributed by atoms with van der Waals surface area (Å²) in [4.78, 5) is 9.18. The lowest BCUT2D eigenvalue weighted by Crippen LogP contribution is -2.23. The van der Waals surface area contributed by atoms with Gasteiger partial charge < -0.3 is 19.6 Å². The first kappa shape index (κ1) is 19.7. The quantitative estimate of drug-likeness (QED) is 0.594. The molecule has 0 saturated carbocycles. The Morgan fingerprint density at radius 2 is 2.04 bits per heavy atom. The van der Waals surface area contributed by atoms with E-state index in [0.29, 0.717) is 37.5 Å². The summed E-state index contributed by atoms with van der Waals surface area (Å²) in [6, 6.07) is 7.82. The molecule has 0 aliphatic heterocycles. The van der Waals surface area contributed by atoms with E-state index in [-0.39, 0.29) is 11.2 Å². The van der Waals surface area contributed by atoms with Crippen molar-refractivity contribution < 1.29 is 13.5 Å². The largest absolute Gasteiger partial charge is 0.772 e. The van der Waals surface area contributed by atoms with Crippen LogP contribution < -0.4 is 5.73 Å². The molecule has 2 aromatic heterocycles. The van der Waals surface area contributed by atoms with Crippen molar-refractivity contribution in [2.24, 2.45) is 5.41 Å². The lowest BCUT2D eigenvalue weighted by atomic mass is 9.90. The molecule has 0 bridgehead atoms. The van der Waals surface area contributed by atoms with Crippen LogP contribution >= 0.6 is 0 Å². The van der Waals surface area contributed by atoms with E-state index in [4.69, 9.17) is 15.5 Å². The van der Waals surface area contributed by atoms with Crippen molar-refractivity contribution in [1.29, 1.82) is 0 Å². The van der Waals surface area contributed by atoms with Gasteiger partial charge >= 0.3 is 0 Å². The fourth-order valence-corrected chi connectivity index (χ4v) is 3.96. The van der Waals surface area contributed by atoms with E-state index in [0.717, 1.165) is 22.2 Å². The Hall–Kier alpha value is -2.03. The molecular weight excluding hydrogens is 364 g/mol. The number of imidazole rings is 1. The zero-order valence-electron chi connectivity index (χ0n) is 15.9. The molecule has 1 aromatic carbocycles. The number of pyridine rings is 1. The van der Waals surface area contributed by atoms with Gasteiger partial charge in [-0.3, -0.25) is 4.21 Å². The summed E-state index contributed by atoms with van der Waals surface area (Å²) in [6.07, 6.45) is 0.551. The summed E-state index contributed by atoms with van der Waals surface area (Å²) < 4.78 is 29.8. The van der Waals surface area contributed by atoms with Gasteiger partial charge in [0.2, 0.25) is 0 Å². The first-order valence-corrected chi connectivity index (χ1v) is 10.2. The zero-order chi connectivity index (χ0) is 19.6. The van der Waals surface area contributed by atoms with E-state index in [1.54, 1.807) is 0 Å². The SMILES string of the molecule is CCOCc1nc2c(N)nc3ccccc3c2n1CC(C)(C)CCS(=O)[O-]. The van der Waals surface area contributed by atoms with E-state index in [9.17, 15) is 8.76 Å². The van der Waals surface area contributed by atoms with Crippen molar-refractivity contribution in [3.63, 3.8) is 0 Å². The Balaban J connectivity index is 2.16. The maximum atomic E-state index is 11.0. The molecule has 0 spiro atoms. The molecular formula is C19H25N4O3S-. The molecule has 3 aromatic rings. The Morgan fingerprint density at radius 3 is 2.74 bits per heavy atom.